The van der Waals surface area contributed by atoms with Gasteiger partial charge in [-0.25, -0.2) is 4.68 Å². The van der Waals surface area contributed by atoms with Gasteiger partial charge in [0.2, 0.25) is 5.88 Å². The number of aliphatic hydroxyl groups excluding tert-OH is 1. The van der Waals surface area contributed by atoms with E-state index in [-0.39, 0.29) is 13.2 Å². The molecule has 0 amide bonds. The first-order valence-corrected chi connectivity index (χ1v) is 11.5. The van der Waals surface area contributed by atoms with Crippen LogP contribution in [-0.4, -0.2) is 58.8 Å². The van der Waals surface area contributed by atoms with Crippen LogP contribution in [0.2, 0.25) is 0 Å². The zero-order valence-electron chi connectivity index (χ0n) is 19.7. The van der Waals surface area contributed by atoms with Crippen LogP contribution in [0.15, 0.2) is 54.6 Å². The molecule has 0 spiro atoms. The molecule has 2 aromatic carbocycles. The maximum atomic E-state index is 10.5. The number of hydrogen-bond acceptors (Lipinski definition) is 6. The SMILES string of the molecule is C#CCOC[C@H](O)CN(Cc1c(C)nn(-c2ccccc2)c1Oc1cccc(OC)c1)C1CC1. The number of ether oxygens (including phenoxy) is 3. The Bertz CT molecular complexity index is 1120. The molecule has 0 bridgehead atoms. The third kappa shape index (κ3) is 5.97. The highest BCUT2D eigenvalue weighted by molar-refractivity contribution is 5.44. The molecule has 1 atom stereocenters. The van der Waals surface area contributed by atoms with E-state index in [1.807, 2.05) is 66.2 Å². The monoisotopic (exact) mass is 461 g/mol. The molecule has 1 aliphatic rings. The van der Waals surface area contributed by atoms with Crippen LogP contribution < -0.4 is 9.47 Å². The van der Waals surface area contributed by atoms with Crippen molar-refractivity contribution in [2.24, 2.45) is 0 Å². The Balaban J connectivity index is 1.64. The summed E-state index contributed by atoms with van der Waals surface area (Å²) < 4.78 is 19.0. The topological polar surface area (TPSA) is 69.0 Å². The molecule has 1 saturated carbocycles. The van der Waals surface area contributed by atoms with Crippen molar-refractivity contribution in [1.82, 2.24) is 14.7 Å². The predicted octanol–water partition coefficient (Wildman–Crippen LogP) is 3.96. The molecule has 7 nitrogen and oxygen atoms in total. The van der Waals surface area contributed by atoms with Gasteiger partial charge in [-0.2, -0.15) is 5.10 Å². The van der Waals surface area contributed by atoms with Gasteiger partial charge in [0.15, 0.2) is 0 Å². The molecule has 0 saturated heterocycles. The highest BCUT2D eigenvalue weighted by Gasteiger charge is 2.32. The number of rotatable bonds is 12. The quantitative estimate of drug-likeness (QED) is 0.325. The van der Waals surface area contributed by atoms with Crippen LogP contribution in [-0.2, 0) is 11.3 Å². The fourth-order valence-electron chi connectivity index (χ4n) is 3.91. The van der Waals surface area contributed by atoms with E-state index in [2.05, 4.69) is 10.8 Å². The van der Waals surface area contributed by atoms with Gasteiger partial charge in [0.25, 0.3) is 0 Å². The highest BCUT2D eigenvalue weighted by Crippen LogP contribution is 2.35. The van der Waals surface area contributed by atoms with Crippen LogP contribution in [0.1, 0.15) is 24.1 Å². The van der Waals surface area contributed by atoms with E-state index in [0.29, 0.717) is 30.8 Å². The van der Waals surface area contributed by atoms with Crippen molar-refractivity contribution in [2.75, 3.05) is 26.9 Å². The normalized spacial score (nSPS) is 14.1. The van der Waals surface area contributed by atoms with Crippen molar-refractivity contribution in [3.63, 3.8) is 0 Å². The lowest BCUT2D eigenvalue weighted by molar-refractivity contribution is 0.0240. The smallest absolute Gasteiger partial charge is 0.227 e. The largest absolute Gasteiger partial charge is 0.497 e. The molecule has 4 rings (SSSR count). The molecule has 0 aliphatic heterocycles. The summed E-state index contributed by atoms with van der Waals surface area (Å²) in [5.41, 5.74) is 2.77. The zero-order chi connectivity index (χ0) is 23.9. The van der Waals surface area contributed by atoms with Gasteiger partial charge in [0.1, 0.15) is 18.1 Å². The summed E-state index contributed by atoms with van der Waals surface area (Å²) in [5.74, 6) is 4.47. The number of aliphatic hydroxyl groups is 1. The minimum atomic E-state index is -0.624. The standard InChI is InChI=1S/C27H31N3O4/c1-4-15-33-19-23(31)17-29(21-13-14-21)18-26-20(2)28-30(22-9-6-5-7-10-22)27(26)34-25-12-8-11-24(16-25)32-3/h1,5-12,16,21,23,31H,13-15,17-19H2,2-3H3/t23-/m1/s1. The number of nitrogens with zero attached hydrogens (tertiary/aromatic N) is 3. The molecule has 1 heterocycles. The minimum absolute atomic E-state index is 0.196. The molecule has 1 N–H and O–H groups in total. The molecule has 1 fully saturated rings. The molecular formula is C27H31N3O4. The van der Waals surface area contributed by atoms with Crippen LogP contribution in [0.4, 0.5) is 0 Å². The Morgan fingerprint density at radius 1 is 1.18 bits per heavy atom. The van der Waals surface area contributed by atoms with Crippen molar-refractivity contribution in [2.45, 2.75) is 38.5 Å². The minimum Gasteiger partial charge on any atom is -0.497 e. The average molecular weight is 462 g/mol. The van der Waals surface area contributed by atoms with Crippen LogP contribution in [0.3, 0.4) is 0 Å². The third-order valence-electron chi connectivity index (χ3n) is 5.76. The summed E-state index contributed by atoms with van der Waals surface area (Å²) in [7, 11) is 1.63. The lowest BCUT2D eigenvalue weighted by atomic mass is 10.2. The average Bonchev–Trinajstić information content (AvgIpc) is 3.66. The van der Waals surface area contributed by atoms with Gasteiger partial charge in [0, 0.05) is 25.2 Å². The Morgan fingerprint density at radius 3 is 2.65 bits per heavy atom. The summed E-state index contributed by atoms with van der Waals surface area (Å²) in [6.07, 6.45) is 6.83. The van der Waals surface area contributed by atoms with Crippen LogP contribution in [0, 0.1) is 19.3 Å². The number of methoxy groups -OCH3 is 1. The van der Waals surface area contributed by atoms with Crippen LogP contribution >= 0.6 is 0 Å². The fourth-order valence-corrected chi connectivity index (χ4v) is 3.91. The summed E-state index contributed by atoms with van der Waals surface area (Å²) in [6.45, 7) is 3.49. The van der Waals surface area contributed by atoms with Gasteiger partial charge < -0.3 is 19.3 Å². The number of benzene rings is 2. The van der Waals surface area contributed by atoms with E-state index < -0.39 is 6.10 Å². The number of terminal acetylenes is 1. The number of aromatic nitrogens is 2. The predicted molar refractivity (Wildman–Crippen MR) is 130 cm³/mol. The second-order valence-corrected chi connectivity index (χ2v) is 8.43. The van der Waals surface area contributed by atoms with E-state index >= 15 is 0 Å². The molecule has 7 heteroatoms. The first-order chi connectivity index (χ1) is 16.6. The molecule has 1 aromatic heterocycles. The third-order valence-corrected chi connectivity index (χ3v) is 5.76. The highest BCUT2D eigenvalue weighted by atomic mass is 16.5. The molecule has 34 heavy (non-hydrogen) atoms. The van der Waals surface area contributed by atoms with Gasteiger partial charge >= 0.3 is 0 Å². The van der Waals surface area contributed by atoms with Crippen molar-refractivity contribution in [3.05, 3.63) is 65.9 Å². The molecule has 1 aliphatic carbocycles. The molecular weight excluding hydrogens is 430 g/mol. The van der Waals surface area contributed by atoms with Gasteiger partial charge in [-0.05, 0) is 44.0 Å². The first-order valence-electron chi connectivity index (χ1n) is 11.5. The summed E-state index contributed by atoms with van der Waals surface area (Å²) in [4.78, 5) is 2.28. The lowest BCUT2D eigenvalue weighted by Gasteiger charge is -2.25. The second kappa shape index (κ2) is 11.2. The maximum absolute atomic E-state index is 10.5. The first kappa shape index (κ1) is 23.8. The van der Waals surface area contributed by atoms with Gasteiger partial charge in [0.05, 0.1) is 36.8 Å². The van der Waals surface area contributed by atoms with Crippen molar-refractivity contribution >= 4 is 0 Å². The zero-order valence-corrected chi connectivity index (χ0v) is 19.7. The van der Waals surface area contributed by atoms with Crippen LogP contribution in [0.5, 0.6) is 17.4 Å². The molecule has 178 valence electrons. The Labute approximate surface area is 200 Å². The van der Waals surface area contributed by atoms with Crippen molar-refractivity contribution in [3.8, 4) is 35.4 Å². The summed E-state index contributed by atoms with van der Waals surface area (Å²) >= 11 is 0. The van der Waals surface area contributed by atoms with E-state index in [1.165, 1.54) is 0 Å². The molecule has 3 aromatic rings. The van der Waals surface area contributed by atoms with Crippen molar-refractivity contribution < 1.29 is 19.3 Å². The van der Waals surface area contributed by atoms with Gasteiger partial charge in [-0.3, -0.25) is 4.90 Å². The van der Waals surface area contributed by atoms with E-state index in [9.17, 15) is 5.11 Å². The van der Waals surface area contributed by atoms with E-state index in [4.69, 9.17) is 25.7 Å². The fraction of sp³-hybridized carbons (Fsp3) is 0.370. The Morgan fingerprint density at radius 2 is 1.94 bits per heavy atom. The Hall–Kier alpha value is -3.31. The lowest BCUT2D eigenvalue weighted by Crippen LogP contribution is -2.36. The van der Waals surface area contributed by atoms with Gasteiger partial charge in [-0.15, -0.1) is 6.42 Å². The number of aryl methyl sites for hydroxylation is 1. The molecule has 0 unspecified atom stereocenters. The number of hydrogen-bond donors (Lipinski definition) is 1. The van der Waals surface area contributed by atoms with Crippen LogP contribution in [0.25, 0.3) is 5.69 Å². The maximum Gasteiger partial charge on any atom is 0.227 e. The van der Waals surface area contributed by atoms with Crippen molar-refractivity contribution in [1.29, 1.82) is 0 Å². The van der Waals surface area contributed by atoms with Gasteiger partial charge in [-0.1, -0.05) is 30.2 Å². The Kier molecular flexibility index (Phi) is 7.86. The molecule has 0 radical (unpaired) electrons. The summed E-state index contributed by atoms with van der Waals surface area (Å²) in [5, 5.41) is 15.3. The number of para-hydroxylation sites is 1. The second-order valence-electron chi connectivity index (χ2n) is 8.43. The van der Waals surface area contributed by atoms with E-state index in [0.717, 1.165) is 35.5 Å². The summed E-state index contributed by atoms with van der Waals surface area (Å²) in [6, 6.07) is 17.9. The van der Waals surface area contributed by atoms with E-state index in [1.54, 1.807) is 7.11 Å².